The molecule has 2 N–H and O–H groups in total. The number of amides is 1. The molecule has 2 rings (SSSR count). The molecule has 1 aromatic carbocycles. The van der Waals surface area contributed by atoms with Gasteiger partial charge in [-0.25, -0.2) is 0 Å². The maximum absolute atomic E-state index is 12.3. The molecule has 1 fully saturated rings. The highest BCUT2D eigenvalue weighted by atomic mass is 16.5. The molecule has 0 spiro atoms. The van der Waals surface area contributed by atoms with Crippen LogP contribution < -0.4 is 10.6 Å². The van der Waals surface area contributed by atoms with E-state index in [4.69, 9.17) is 4.74 Å². The summed E-state index contributed by atoms with van der Waals surface area (Å²) in [7, 11) is 1.69. The minimum atomic E-state index is 0.0329. The Bertz CT molecular complexity index is 484. The zero-order valence-electron chi connectivity index (χ0n) is 13.9. The van der Waals surface area contributed by atoms with Crippen LogP contribution in [0.3, 0.4) is 0 Å². The lowest BCUT2D eigenvalue weighted by atomic mass is 9.84. The van der Waals surface area contributed by atoms with Gasteiger partial charge < -0.3 is 15.4 Å². The number of hydrogen-bond acceptors (Lipinski definition) is 3. The Morgan fingerprint density at radius 1 is 1.36 bits per heavy atom. The second kappa shape index (κ2) is 8.30. The summed E-state index contributed by atoms with van der Waals surface area (Å²) in [6, 6.07) is 7.89. The fourth-order valence-electron chi connectivity index (χ4n) is 3.09. The maximum atomic E-state index is 12.3. The van der Waals surface area contributed by atoms with Crippen LogP contribution in [-0.4, -0.2) is 26.1 Å². The van der Waals surface area contributed by atoms with Crippen molar-refractivity contribution in [2.45, 2.75) is 39.2 Å². The zero-order chi connectivity index (χ0) is 15.9. The predicted octanol–water partition coefficient (Wildman–Crippen LogP) is 3.36. The minimum absolute atomic E-state index is 0.0329. The molecule has 1 heterocycles. The van der Waals surface area contributed by atoms with Crippen LogP contribution in [-0.2, 0) is 9.53 Å². The second-order valence-corrected chi connectivity index (χ2v) is 6.32. The molecule has 0 bridgehead atoms. The number of methoxy groups -OCH3 is 1. The van der Waals surface area contributed by atoms with Crippen molar-refractivity contribution in [2.75, 3.05) is 25.5 Å². The fraction of sp³-hybridized carbons (Fsp3) is 0.611. The summed E-state index contributed by atoms with van der Waals surface area (Å²) >= 11 is 0. The van der Waals surface area contributed by atoms with E-state index in [1.807, 2.05) is 31.2 Å². The van der Waals surface area contributed by atoms with Crippen LogP contribution in [0.4, 0.5) is 5.69 Å². The molecule has 2 unspecified atom stereocenters. The van der Waals surface area contributed by atoms with Crippen molar-refractivity contribution in [3.63, 3.8) is 0 Å². The second-order valence-electron chi connectivity index (χ2n) is 6.32. The Morgan fingerprint density at radius 2 is 2.09 bits per heavy atom. The Labute approximate surface area is 133 Å². The number of piperidine rings is 1. The van der Waals surface area contributed by atoms with Crippen molar-refractivity contribution in [1.82, 2.24) is 5.32 Å². The molecule has 0 saturated carbocycles. The third kappa shape index (κ3) is 4.82. The first-order valence-corrected chi connectivity index (χ1v) is 8.23. The van der Waals surface area contributed by atoms with E-state index >= 15 is 0 Å². The Balaban J connectivity index is 1.88. The highest BCUT2D eigenvalue weighted by molar-refractivity contribution is 5.90. The van der Waals surface area contributed by atoms with Gasteiger partial charge in [-0.2, -0.15) is 0 Å². The summed E-state index contributed by atoms with van der Waals surface area (Å²) in [5, 5.41) is 6.39. The molecule has 2 atom stereocenters. The smallest absolute Gasteiger partial charge is 0.224 e. The average Bonchev–Trinajstić information content (AvgIpc) is 2.55. The Morgan fingerprint density at radius 3 is 2.77 bits per heavy atom. The number of carbonyl (C=O) groups excluding carboxylic acids is 1. The van der Waals surface area contributed by atoms with Crippen molar-refractivity contribution in [3.05, 3.63) is 29.8 Å². The molecule has 1 saturated heterocycles. The highest BCUT2D eigenvalue weighted by Crippen LogP contribution is 2.25. The molecule has 122 valence electrons. The van der Waals surface area contributed by atoms with Gasteiger partial charge in [0.2, 0.25) is 5.91 Å². The van der Waals surface area contributed by atoms with Crippen molar-refractivity contribution in [2.24, 2.45) is 11.8 Å². The van der Waals surface area contributed by atoms with Crippen molar-refractivity contribution < 1.29 is 9.53 Å². The van der Waals surface area contributed by atoms with Crippen molar-refractivity contribution >= 4 is 11.6 Å². The lowest BCUT2D eigenvalue weighted by molar-refractivity contribution is -0.117. The summed E-state index contributed by atoms with van der Waals surface area (Å²) in [4.78, 5) is 12.3. The van der Waals surface area contributed by atoms with E-state index in [-0.39, 0.29) is 12.0 Å². The van der Waals surface area contributed by atoms with Gasteiger partial charge in [-0.1, -0.05) is 19.1 Å². The first-order valence-electron chi connectivity index (χ1n) is 8.23. The Hall–Kier alpha value is -1.39. The quantitative estimate of drug-likeness (QED) is 0.847. The summed E-state index contributed by atoms with van der Waals surface area (Å²) in [5.41, 5.74) is 1.93. The molecule has 0 radical (unpaired) electrons. The number of rotatable bonds is 6. The van der Waals surface area contributed by atoms with Gasteiger partial charge in [0.25, 0.3) is 0 Å². The van der Waals surface area contributed by atoms with Gasteiger partial charge in [0.05, 0.1) is 6.10 Å². The molecule has 4 nitrogen and oxygen atoms in total. The first kappa shape index (κ1) is 17.0. The standard InChI is InChI=1S/C18H28N2O2/c1-13(15-7-9-19-10-8-15)11-18(21)20-17-6-4-5-16(12-17)14(2)22-3/h4-6,12-15,19H,7-11H2,1-3H3,(H,20,21). The van der Waals surface area contributed by atoms with E-state index in [1.54, 1.807) is 7.11 Å². The Kier molecular flexibility index (Phi) is 6.40. The van der Waals surface area contributed by atoms with Gasteiger partial charge in [-0.05, 0) is 62.4 Å². The van der Waals surface area contributed by atoms with Gasteiger partial charge in [0, 0.05) is 19.2 Å². The molecule has 1 aliphatic heterocycles. The van der Waals surface area contributed by atoms with Crippen LogP contribution in [0.2, 0.25) is 0 Å². The molecule has 0 aromatic heterocycles. The van der Waals surface area contributed by atoms with Gasteiger partial charge >= 0.3 is 0 Å². The molecular weight excluding hydrogens is 276 g/mol. The van der Waals surface area contributed by atoms with Gasteiger partial charge in [-0.15, -0.1) is 0 Å². The van der Waals surface area contributed by atoms with Crippen LogP contribution in [0.5, 0.6) is 0 Å². The maximum Gasteiger partial charge on any atom is 0.224 e. The molecule has 1 amide bonds. The SMILES string of the molecule is COC(C)c1cccc(NC(=O)CC(C)C2CCNCC2)c1. The lowest BCUT2D eigenvalue weighted by Crippen LogP contribution is -2.32. The van der Waals surface area contributed by atoms with Gasteiger partial charge in [0.15, 0.2) is 0 Å². The molecule has 0 aliphatic carbocycles. The predicted molar refractivity (Wildman–Crippen MR) is 89.9 cm³/mol. The number of nitrogens with one attached hydrogen (secondary N) is 2. The number of benzene rings is 1. The number of ether oxygens (including phenoxy) is 1. The molecule has 1 aliphatic rings. The van der Waals surface area contributed by atoms with Crippen LogP contribution >= 0.6 is 0 Å². The average molecular weight is 304 g/mol. The molecule has 22 heavy (non-hydrogen) atoms. The normalized spacial score (nSPS) is 18.7. The summed E-state index contributed by atoms with van der Waals surface area (Å²) in [6.07, 6.45) is 2.98. The molecule has 4 heteroatoms. The number of carbonyl (C=O) groups is 1. The van der Waals surface area contributed by atoms with E-state index < -0.39 is 0 Å². The van der Waals surface area contributed by atoms with Crippen molar-refractivity contribution in [1.29, 1.82) is 0 Å². The number of hydrogen-bond donors (Lipinski definition) is 2. The topological polar surface area (TPSA) is 50.4 Å². The summed E-state index contributed by atoms with van der Waals surface area (Å²) < 4.78 is 5.32. The molecule has 1 aromatic rings. The zero-order valence-corrected chi connectivity index (χ0v) is 13.9. The van der Waals surface area contributed by atoms with Gasteiger partial charge in [-0.3, -0.25) is 4.79 Å². The summed E-state index contributed by atoms with van der Waals surface area (Å²) in [6.45, 7) is 6.35. The van der Waals surface area contributed by atoms with E-state index in [1.165, 1.54) is 12.8 Å². The van der Waals surface area contributed by atoms with Crippen LogP contribution in [0.25, 0.3) is 0 Å². The van der Waals surface area contributed by atoms with E-state index in [2.05, 4.69) is 17.6 Å². The number of anilines is 1. The van der Waals surface area contributed by atoms with Crippen molar-refractivity contribution in [3.8, 4) is 0 Å². The minimum Gasteiger partial charge on any atom is -0.377 e. The monoisotopic (exact) mass is 304 g/mol. The van der Waals surface area contributed by atoms with Crippen LogP contribution in [0, 0.1) is 11.8 Å². The summed E-state index contributed by atoms with van der Waals surface area (Å²) in [5.74, 6) is 1.20. The van der Waals surface area contributed by atoms with E-state index in [9.17, 15) is 4.79 Å². The van der Waals surface area contributed by atoms with E-state index in [0.717, 1.165) is 24.3 Å². The van der Waals surface area contributed by atoms with Crippen LogP contribution in [0.15, 0.2) is 24.3 Å². The highest BCUT2D eigenvalue weighted by Gasteiger charge is 2.22. The van der Waals surface area contributed by atoms with Crippen LogP contribution in [0.1, 0.15) is 44.8 Å². The third-order valence-electron chi connectivity index (χ3n) is 4.69. The third-order valence-corrected chi connectivity index (χ3v) is 4.69. The fourth-order valence-corrected chi connectivity index (χ4v) is 3.09. The lowest BCUT2D eigenvalue weighted by Gasteiger charge is -2.27. The molecular formula is C18H28N2O2. The van der Waals surface area contributed by atoms with Gasteiger partial charge in [0.1, 0.15) is 0 Å². The largest absolute Gasteiger partial charge is 0.377 e. The van der Waals surface area contributed by atoms with E-state index in [0.29, 0.717) is 18.3 Å². The first-order chi connectivity index (χ1) is 10.6.